The predicted octanol–water partition coefficient (Wildman–Crippen LogP) is 4.09. The highest BCUT2D eigenvalue weighted by Gasteiger charge is 2.11. The van der Waals surface area contributed by atoms with Gasteiger partial charge < -0.3 is 23.7 Å². The Bertz CT molecular complexity index is 1370. The molecule has 0 spiro atoms. The minimum Gasteiger partial charge on any atom is -0.490 e. The molecule has 0 unspecified atom stereocenters. The molecule has 0 atom stereocenters. The number of nitrogens with zero attached hydrogens (tertiary/aromatic N) is 3. The van der Waals surface area contributed by atoms with E-state index < -0.39 is 17.9 Å². The Morgan fingerprint density at radius 2 is 1.09 bits per heavy atom. The van der Waals surface area contributed by atoms with Crippen LogP contribution in [0.5, 0.6) is 11.5 Å². The second kappa shape index (κ2) is 18.5. The first-order chi connectivity index (χ1) is 21.4. The van der Waals surface area contributed by atoms with Gasteiger partial charge >= 0.3 is 17.9 Å². The average Bonchev–Trinajstić information content (AvgIpc) is 3.03. The molecule has 3 rings (SSSR count). The number of hydrogen-bond donors (Lipinski definition) is 0. The van der Waals surface area contributed by atoms with Crippen LogP contribution in [-0.2, 0) is 41.4 Å². The largest absolute Gasteiger partial charge is 0.490 e. The Hall–Kier alpha value is -4.97. The molecule has 0 bridgehead atoms. The fourth-order valence-electron chi connectivity index (χ4n) is 3.58. The zero-order valence-corrected chi connectivity index (χ0v) is 25.0. The Labute approximate surface area is 260 Å². The summed E-state index contributed by atoms with van der Waals surface area (Å²) in [5.74, 6) is 1.26. The Morgan fingerprint density at radius 3 is 1.55 bits per heavy atom. The minimum absolute atomic E-state index is 0.101. The number of ether oxygens (including phenoxy) is 5. The van der Waals surface area contributed by atoms with Crippen molar-refractivity contribution in [1.29, 1.82) is 0 Å². The maximum atomic E-state index is 11.4. The van der Waals surface area contributed by atoms with Crippen molar-refractivity contribution in [2.45, 2.75) is 18.0 Å². The third-order valence-corrected chi connectivity index (χ3v) is 6.29. The molecule has 3 aromatic rings. The maximum absolute atomic E-state index is 11.4. The molecular weight excluding hydrogens is 586 g/mol. The van der Waals surface area contributed by atoms with Crippen molar-refractivity contribution >= 4 is 29.7 Å². The van der Waals surface area contributed by atoms with E-state index in [9.17, 15) is 14.4 Å². The molecule has 0 aliphatic rings. The van der Waals surface area contributed by atoms with E-state index in [2.05, 4.69) is 29.7 Å². The van der Waals surface area contributed by atoms with Crippen molar-refractivity contribution in [3.8, 4) is 11.5 Å². The van der Waals surface area contributed by atoms with Gasteiger partial charge in [-0.15, -0.1) is 0 Å². The van der Waals surface area contributed by atoms with Crippen LogP contribution in [0.15, 0.2) is 91.7 Å². The number of hydrogen-bond acceptors (Lipinski definition) is 12. The van der Waals surface area contributed by atoms with Crippen molar-refractivity contribution in [3.63, 3.8) is 0 Å². The van der Waals surface area contributed by atoms with Gasteiger partial charge in [0.05, 0.1) is 0 Å². The third-order valence-electron chi connectivity index (χ3n) is 5.48. The molecule has 230 valence electrons. The molecule has 0 amide bonds. The van der Waals surface area contributed by atoms with E-state index in [0.717, 1.165) is 29.4 Å². The van der Waals surface area contributed by atoms with Gasteiger partial charge in [0.15, 0.2) is 5.16 Å². The molecule has 0 N–H and O–H groups in total. The number of rotatable bonds is 19. The highest BCUT2D eigenvalue weighted by atomic mass is 32.2. The highest BCUT2D eigenvalue weighted by molar-refractivity contribution is 7.99. The van der Waals surface area contributed by atoms with Gasteiger partial charge in [-0.25, -0.2) is 29.3 Å². The van der Waals surface area contributed by atoms with Crippen molar-refractivity contribution in [1.82, 2.24) is 15.0 Å². The molecule has 11 nitrogen and oxygen atoms in total. The lowest BCUT2D eigenvalue weighted by atomic mass is 10.1. The maximum Gasteiger partial charge on any atom is 0.330 e. The summed E-state index contributed by atoms with van der Waals surface area (Å²) in [6, 6.07) is 14.9. The molecule has 0 aliphatic carbocycles. The van der Waals surface area contributed by atoms with Crippen LogP contribution in [-0.4, -0.2) is 71.6 Å². The number of aromatic nitrogens is 3. The molecule has 12 heteroatoms. The van der Waals surface area contributed by atoms with E-state index in [4.69, 9.17) is 28.7 Å². The molecule has 0 saturated heterocycles. The van der Waals surface area contributed by atoms with Gasteiger partial charge in [0.2, 0.25) is 0 Å². The number of benzene rings is 2. The number of carbonyl (C=O) groups is 3. The summed E-state index contributed by atoms with van der Waals surface area (Å²) < 4.78 is 26.4. The molecule has 0 aliphatic heterocycles. The van der Waals surface area contributed by atoms with Crippen LogP contribution in [0.1, 0.15) is 22.8 Å². The number of thioether (sulfide) groups is 1. The molecule has 0 fully saturated rings. The first kappa shape index (κ1) is 33.5. The third kappa shape index (κ3) is 12.5. The summed E-state index contributed by atoms with van der Waals surface area (Å²) in [6.07, 6.45) is 4.12. The lowest BCUT2D eigenvalue weighted by Gasteiger charge is -2.11. The fourth-order valence-corrected chi connectivity index (χ4v) is 4.27. The zero-order valence-electron chi connectivity index (χ0n) is 24.1. The van der Waals surface area contributed by atoms with Crippen LogP contribution >= 0.6 is 11.8 Å². The van der Waals surface area contributed by atoms with Crippen LogP contribution in [0, 0.1) is 0 Å². The fraction of sp³-hybridized carbons (Fsp3) is 0.250. The molecular formula is C32H33N3O8S. The van der Waals surface area contributed by atoms with E-state index in [1.165, 1.54) is 11.8 Å². The number of carbonyl (C=O) groups excluding carboxylic acids is 3. The van der Waals surface area contributed by atoms with Crippen LogP contribution in [0.2, 0.25) is 0 Å². The van der Waals surface area contributed by atoms with Crippen molar-refractivity contribution in [2.24, 2.45) is 0 Å². The summed E-state index contributed by atoms with van der Waals surface area (Å²) in [4.78, 5) is 47.8. The van der Waals surface area contributed by atoms with Gasteiger partial charge in [0.25, 0.3) is 0 Å². The van der Waals surface area contributed by atoms with Crippen molar-refractivity contribution in [3.05, 3.63) is 109 Å². The van der Waals surface area contributed by atoms with Gasteiger partial charge in [0.1, 0.15) is 56.2 Å². The van der Waals surface area contributed by atoms with E-state index in [0.29, 0.717) is 46.9 Å². The van der Waals surface area contributed by atoms with Gasteiger partial charge in [-0.2, -0.15) is 0 Å². The first-order valence-electron chi connectivity index (χ1n) is 13.6. The minimum atomic E-state index is -0.508. The van der Waals surface area contributed by atoms with Crippen LogP contribution in [0.4, 0.5) is 0 Å². The van der Waals surface area contributed by atoms with Gasteiger partial charge in [0, 0.05) is 36.8 Å². The van der Waals surface area contributed by atoms with Crippen LogP contribution < -0.4 is 9.47 Å². The van der Waals surface area contributed by atoms with E-state index in [-0.39, 0.29) is 33.0 Å². The van der Waals surface area contributed by atoms with Crippen molar-refractivity contribution < 1.29 is 38.1 Å². The average molecular weight is 620 g/mol. The summed E-state index contributed by atoms with van der Waals surface area (Å²) in [5.41, 5.74) is 1.82. The first-order valence-corrected chi connectivity index (χ1v) is 14.5. The monoisotopic (exact) mass is 619 g/mol. The second-order valence-corrected chi connectivity index (χ2v) is 9.82. The summed E-state index contributed by atoms with van der Waals surface area (Å²) in [5, 5.41) is 0.493. The van der Waals surface area contributed by atoms with Crippen LogP contribution in [0.25, 0.3) is 0 Å². The van der Waals surface area contributed by atoms with Gasteiger partial charge in [-0.3, -0.25) is 0 Å². The lowest BCUT2D eigenvalue weighted by Crippen LogP contribution is -2.10. The van der Waals surface area contributed by atoms with E-state index in [1.54, 1.807) is 0 Å². The standard InChI is InChI=1S/C32H33N3O8S/c1-4-29(36)41-15-13-39-25-11-7-9-23(19-25)21-27-33-28(35-32(34-27)44-18-17-43-31(38)6-3)22-24-10-8-12-26(20-24)40-14-16-42-30(37)5-2/h4-12,19-20H,1-3,13-18,21-22H2. The summed E-state index contributed by atoms with van der Waals surface area (Å²) in [6.45, 7) is 10.9. The lowest BCUT2D eigenvalue weighted by molar-refractivity contribution is -0.139. The SMILES string of the molecule is C=CC(=O)OCCOc1cccc(Cc2nc(Cc3cccc(OCCOC(=O)C=C)c3)nc(SCCOC(=O)C=C)n2)c1. The van der Waals surface area contributed by atoms with Gasteiger partial charge in [-0.1, -0.05) is 55.8 Å². The summed E-state index contributed by atoms with van der Waals surface area (Å²) >= 11 is 1.34. The highest BCUT2D eigenvalue weighted by Crippen LogP contribution is 2.20. The second-order valence-electron chi connectivity index (χ2n) is 8.76. The molecule has 2 aromatic carbocycles. The molecule has 0 radical (unpaired) electrons. The predicted molar refractivity (Wildman–Crippen MR) is 164 cm³/mol. The normalized spacial score (nSPS) is 10.3. The van der Waals surface area contributed by atoms with Gasteiger partial charge in [-0.05, 0) is 35.4 Å². The van der Waals surface area contributed by atoms with Crippen molar-refractivity contribution in [2.75, 3.05) is 38.8 Å². The molecule has 0 saturated carbocycles. The topological polar surface area (TPSA) is 136 Å². The summed E-state index contributed by atoms with van der Waals surface area (Å²) in [7, 11) is 0. The zero-order chi connectivity index (χ0) is 31.6. The van der Waals surface area contributed by atoms with Crippen LogP contribution in [0.3, 0.4) is 0 Å². The Kier molecular flexibility index (Phi) is 14.1. The van der Waals surface area contributed by atoms with E-state index >= 15 is 0 Å². The molecule has 1 aromatic heterocycles. The smallest absolute Gasteiger partial charge is 0.330 e. The Morgan fingerprint density at radius 1 is 0.636 bits per heavy atom. The number of esters is 3. The van der Waals surface area contributed by atoms with E-state index in [1.807, 2.05) is 48.5 Å². The quantitative estimate of drug-likeness (QED) is 0.0628. The Balaban J connectivity index is 1.71. The molecule has 44 heavy (non-hydrogen) atoms. The molecule has 1 heterocycles.